The first-order valence-corrected chi connectivity index (χ1v) is 3.02. The Kier molecular flexibility index (Phi) is 1.03. The fourth-order valence-electron chi connectivity index (χ4n) is 0.889. The summed E-state index contributed by atoms with van der Waals surface area (Å²) in [5, 5.41) is 13.6. The molecule has 1 N–H and O–H groups in total. The van der Waals surface area contributed by atoms with Gasteiger partial charge in [0.25, 0.3) is 5.56 Å². The third kappa shape index (κ3) is 0.794. The van der Waals surface area contributed by atoms with Gasteiger partial charge in [-0.15, -0.1) is 5.10 Å². The Balaban J connectivity index is 3.02. The van der Waals surface area contributed by atoms with E-state index < -0.39 is 0 Å². The van der Waals surface area contributed by atoms with E-state index in [-0.39, 0.29) is 5.56 Å². The van der Waals surface area contributed by atoms with E-state index in [1.165, 1.54) is 4.68 Å². The molecule has 11 heavy (non-hydrogen) atoms. The quantitative estimate of drug-likeness (QED) is 0.526. The number of aryl methyl sites for hydroxylation is 1. The standard InChI is InChI=1S/C5H5N5O/c1-10-2-3-4(8-10)6-9-7-5(3)11/h2H,1H3,(H,6,7,8,11). The summed E-state index contributed by atoms with van der Waals surface area (Å²) < 4.78 is 1.52. The van der Waals surface area contributed by atoms with E-state index in [9.17, 15) is 4.79 Å². The highest BCUT2D eigenvalue weighted by Crippen LogP contribution is 1.98. The zero-order chi connectivity index (χ0) is 7.84. The molecule has 56 valence electrons. The highest BCUT2D eigenvalue weighted by Gasteiger charge is 2.02. The van der Waals surface area contributed by atoms with Crippen LogP contribution in [0.2, 0.25) is 0 Å². The summed E-state index contributed by atoms with van der Waals surface area (Å²) in [4.78, 5) is 11.0. The average Bonchev–Trinajstić information content (AvgIpc) is 2.31. The second kappa shape index (κ2) is 1.88. The Bertz CT molecular complexity index is 441. The van der Waals surface area contributed by atoms with Crippen LogP contribution in [0.3, 0.4) is 0 Å². The molecule has 0 aliphatic heterocycles. The Hall–Kier alpha value is -1.72. The van der Waals surface area contributed by atoms with Gasteiger partial charge in [0.15, 0.2) is 0 Å². The van der Waals surface area contributed by atoms with Crippen LogP contribution in [0.4, 0.5) is 0 Å². The highest BCUT2D eigenvalue weighted by atomic mass is 16.1. The number of aromatic nitrogens is 5. The lowest BCUT2D eigenvalue weighted by molar-refractivity contribution is 0.768. The fourth-order valence-corrected chi connectivity index (χ4v) is 0.889. The molecule has 2 aromatic rings. The van der Waals surface area contributed by atoms with Crippen LogP contribution in [0.5, 0.6) is 0 Å². The second-order valence-electron chi connectivity index (χ2n) is 2.18. The van der Waals surface area contributed by atoms with Gasteiger partial charge in [-0.05, 0) is 0 Å². The second-order valence-corrected chi connectivity index (χ2v) is 2.18. The van der Waals surface area contributed by atoms with Gasteiger partial charge in [-0.2, -0.15) is 5.10 Å². The van der Waals surface area contributed by atoms with Gasteiger partial charge in [0.1, 0.15) is 5.39 Å². The van der Waals surface area contributed by atoms with E-state index in [1.807, 2.05) is 0 Å². The molecule has 0 atom stereocenters. The number of nitrogens with zero attached hydrogens (tertiary/aromatic N) is 4. The normalized spacial score (nSPS) is 10.6. The molecule has 0 amide bonds. The average molecular weight is 151 g/mol. The molecule has 6 heteroatoms. The molecular formula is C5H5N5O. The zero-order valence-electron chi connectivity index (χ0n) is 5.77. The van der Waals surface area contributed by atoms with Crippen molar-refractivity contribution >= 4 is 11.0 Å². The van der Waals surface area contributed by atoms with Gasteiger partial charge in [-0.3, -0.25) is 9.48 Å². The molecule has 0 aliphatic rings. The number of aromatic amines is 1. The number of H-pyrrole nitrogens is 1. The molecule has 0 unspecified atom stereocenters. The van der Waals surface area contributed by atoms with E-state index in [0.717, 1.165) is 0 Å². The monoisotopic (exact) mass is 151 g/mol. The van der Waals surface area contributed by atoms with Crippen molar-refractivity contribution in [3.63, 3.8) is 0 Å². The molecule has 0 saturated carbocycles. The van der Waals surface area contributed by atoms with Crippen molar-refractivity contribution in [2.45, 2.75) is 0 Å². The molecule has 0 bridgehead atoms. The predicted octanol–water partition coefficient (Wildman–Crippen LogP) is -0.948. The maximum absolute atomic E-state index is 11.0. The van der Waals surface area contributed by atoms with Crippen LogP contribution in [0.15, 0.2) is 11.0 Å². The minimum Gasteiger partial charge on any atom is -0.273 e. The van der Waals surface area contributed by atoms with Gasteiger partial charge in [-0.1, -0.05) is 5.21 Å². The molecule has 0 radical (unpaired) electrons. The summed E-state index contributed by atoms with van der Waals surface area (Å²) in [6.45, 7) is 0. The Labute approximate surface area is 60.8 Å². The Morgan fingerprint density at radius 1 is 1.64 bits per heavy atom. The third-order valence-electron chi connectivity index (χ3n) is 1.35. The molecule has 2 aromatic heterocycles. The van der Waals surface area contributed by atoms with Crippen LogP contribution in [-0.4, -0.2) is 25.2 Å². The molecule has 0 spiro atoms. The third-order valence-corrected chi connectivity index (χ3v) is 1.35. The van der Waals surface area contributed by atoms with Gasteiger partial charge in [-0.25, -0.2) is 5.10 Å². The van der Waals surface area contributed by atoms with Crippen LogP contribution >= 0.6 is 0 Å². The lowest BCUT2D eigenvalue weighted by atomic mass is 10.4. The molecule has 6 nitrogen and oxygen atoms in total. The minimum absolute atomic E-state index is 0.261. The van der Waals surface area contributed by atoms with E-state index in [1.54, 1.807) is 13.2 Å². The molecule has 0 fully saturated rings. The summed E-state index contributed by atoms with van der Waals surface area (Å²) in [6, 6.07) is 0. The van der Waals surface area contributed by atoms with E-state index in [4.69, 9.17) is 0 Å². The SMILES string of the molecule is Cn1cc2c(=O)[nH]nnc2n1. The molecule has 0 aliphatic carbocycles. The number of fused-ring (bicyclic) bond motifs is 1. The smallest absolute Gasteiger partial charge is 0.273 e. The van der Waals surface area contributed by atoms with Gasteiger partial charge >= 0.3 is 0 Å². The van der Waals surface area contributed by atoms with Crippen molar-refractivity contribution in [2.24, 2.45) is 7.05 Å². The highest BCUT2D eigenvalue weighted by molar-refractivity contribution is 5.71. The fraction of sp³-hybridized carbons (Fsp3) is 0.200. The summed E-state index contributed by atoms with van der Waals surface area (Å²) in [5.74, 6) is 0. The first kappa shape index (κ1) is 6.02. The van der Waals surface area contributed by atoms with Gasteiger partial charge in [0.05, 0.1) is 0 Å². The molecular weight excluding hydrogens is 146 g/mol. The van der Waals surface area contributed by atoms with Crippen LogP contribution in [0, 0.1) is 0 Å². The maximum Gasteiger partial charge on any atom is 0.278 e. The summed E-state index contributed by atoms with van der Waals surface area (Å²) in [6.07, 6.45) is 1.60. The first-order valence-electron chi connectivity index (χ1n) is 3.02. The Morgan fingerprint density at radius 2 is 2.45 bits per heavy atom. The minimum atomic E-state index is -0.261. The number of rotatable bonds is 0. The van der Waals surface area contributed by atoms with Gasteiger partial charge < -0.3 is 0 Å². The van der Waals surface area contributed by atoms with Gasteiger partial charge in [0, 0.05) is 13.2 Å². The van der Waals surface area contributed by atoms with Gasteiger partial charge in [0.2, 0.25) is 5.65 Å². The van der Waals surface area contributed by atoms with Crippen molar-refractivity contribution < 1.29 is 0 Å². The van der Waals surface area contributed by atoms with Crippen molar-refractivity contribution in [3.8, 4) is 0 Å². The number of nitrogens with one attached hydrogen (secondary N) is 1. The molecule has 0 aromatic carbocycles. The summed E-state index contributed by atoms with van der Waals surface area (Å²) >= 11 is 0. The summed E-state index contributed by atoms with van der Waals surface area (Å²) in [7, 11) is 1.72. The molecule has 2 rings (SSSR count). The zero-order valence-corrected chi connectivity index (χ0v) is 5.77. The first-order chi connectivity index (χ1) is 5.27. The van der Waals surface area contributed by atoms with Crippen LogP contribution in [-0.2, 0) is 7.05 Å². The largest absolute Gasteiger partial charge is 0.278 e. The van der Waals surface area contributed by atoms with E-state index in [2.05, 4.69) is 20.5 Å². The number of hydrogen-bond acceptors (Lipinski definition) is 4. The summed E-state index contributed by atoms with van der Waals surface area (Å²) in [5.41, 5.74) is 0.111. The van der Waals surface area contributed by atoms with Crippen LogP contribution in [0.25, 0.3) is 11.0 Å². The lowest BCUT2D eigenvalue weighted by Crippen LogP contribution is -2.08. The predicted molar refractivity (Wildman–Crippen MR) is 36.9 cm³/mol. The lowest BCUT2D eigenvalue weighted by Gasteiger charge is -1.79. The van der Waals surface area contributed by atoms with Crippen molar-refractivity contribution in [1.29, 1.82) is 0 Å². The van der Waals surface area contributed by atoms with Crippen LogP contribution < -0.4 is 5.56 Å². The molecule has 2 heterocycles. The van der Waals surface area contributed by atoms with Crippen LogP contribution in [0.1, 0.15) is 0 Å². The maximum atomic E-state index is 11.0. The number of hydrogen-bond donors (Lipinski definition) is 1. The van der Waals surface area contributed by atoms with Crippen molar-refractivity contribution in [3.05, 3.63) is 16.6 Å². The molecule has 0 saturated heterocycles. The van der Waals surface area contributed by atoms with Crippen molar-refractivity contribution in [2.75, 3.05) is 0 Å². The van der Waals surface area contributed by atoms with Crippen molar-refractivity contribution in [1.82, 2.24) is 25.2 Å². The van der Waals surface area contributed by atoms with E-state index in [0.29, 0.717) is 11.0 Å². The Morgan fingerprint density at radius 3 is 3.18 bits per heavy atom. The topological polar surface area (TPSA) is 76.5 Å². The van der Waals surface area contributed by atoms with E-state index >= 15 is 0 Å².